The van der Waals surface area contributed by atoms with Gasteiger partial charge in [0.1, 0.15) is 0 Å². The summed E-state index contributed by atoms with van der Waals surface area (Å²) < 4.78 is 2.64. The summed E-state index contributed by atoms with van der Waals surface area (Å²) in [5.41, 5.74) is 0.427. The second-order valence-electron chi connectivity index (χ2n) is 4.49. The summed E-state index contributed by atoms with van der Waals surface area (Å²) in [7, 11) is 0. The maximum absolute atomic E-state index is 12.1. The second kappa shape index (κ2) is 6.57. The van der Waals surface area contributed by atoms with Crippen molar-refractivity contribution in [3.63, 3.8) is 0 Å². The first-order valence-electron chi connectivity index (χ1n) is 6.07. The van der Waals surface area contributed by atoms with Gasteiger partial charge in [0.2, 0.25) is 0 Å². The Balaban J connectivity index is 2.07. The molecule has 1 aromatic carbocycles. The van der Waals surface area contributed by atoms with Gasteiger partial charge in [-0.2, -0.15) is 0 Å². The molecule has 5 nitrogen and oxygen atoms in total. The van der Waals surface area contributed by atoms with Crippen molar-refractivity contribution in [3.8, 4) is 0 Å². The normalized spacial score (nSPS) is 11.0. The molecular weight excluding hydrogens is 389 g/mol. The highest BCUT2D eigenvalue weighted by molar-refractivity contribution is 14.1. The van der Waals surface area contributed by atoms with E-state index in [1.165, 1.54) is 11.8 Å². The van der Waals surface area contributed by atoms with Crippen LogP contribution in [0.15, 0.2) is 34.2 Å². The minimum absolute atomic E-state index is 0.0113. The number of aromatic nitrogens is 3. The molecule has 0 unspecified atom stereocenters. The second-order valence-corrected chi connectivity index (χ2v) is 6.68. The molecule has 0 spiro atoms. The van der Waals surface area contributed by atoms with Crippen molar-refractivity contribution < 1.29 is 4.79 Å². The largest absolute Gasteiger partial charge is 0.344 e. The minimum atomic E-state index is -0.246. The number of hydrogen-bond acceptors (Lipinski definition) is 4. The molecule has 0 saturated heterocycles. The smallest absolute Gasteiger partial charge is 0.293 e. The van der Waals surface area contributed by atoms with Gasteiger partial charge >= 0.3 is 5.69 Å². The summed E-state index contributed by atoms with van der Waals surface area (Å²) in [4.78, 5) is 23.6. The number of benzene rings is 1. The number of aromatic amines is 1. The van der Waals surface area contributed by atoms with Crippen molar-refractivity contribution in [3.05, 3.63) is 43.9 Å². The van der Waals surface area contributed by atoms with Crippen LogP contribution >= 0.6 is 34.4 Å². The molecule has 0 aliphatic rings. The molecular formula is C13H14IN3O2S. The zero-order valence-electron chi connectivity index (χ0n) is 11.1. The van der Waals surface area contributed by atoms with Gasteiger partial charge in [-0.05, 0) is 48.6 Å². The average molecular weight is 403 g/mol. The van der Waals surface area contributed by atoms with Gasteiger partial charge < -0.3 is 0 Å². The SMILES string of the molecule is CC(C)n1c(SCC(=O)c2ccc(I)cc2)n[nH]c1=O. The summed E-state index contributed by atoms with van der Waals surface area (Å²) in [5.74, 6) is 0.287. The molecule has 0 aliphatic carbocycles. The predicted octanol–water partition coefficient (Wildman–Crippen LogP) is 2.73. The van der Waals surface area contributed by atoms with Crippen LogP contribution in [0.5, 0.6) is 0 Å². The standard InChI is InChI=1S/C13H14IN3O2S/c1-8(2)17-12(19)15-16-13(17)20-7-11(18)9-3-5-10(14)6-4-9/h3-6,8H,7H2,1-2H3,(H,15,19). The van der Waals surface area contributed by atoms with Crippen molar-refractivity contribution >= 4 is 40.1 Å². The minimum Gasteiger partial charge on any atom is -0.293 e. The molecule has 2 aromatic rings. The van der Waals surface area contributed by atoms with Crippen LogP contribution in [0, 0.1) is 3.57 Å². The highest BCUT2D eigenvalue weighted by Gasteiger charge is 2.14. The number of rotatable bonds is 5. The van der Waals surface area contributed by atoms with Crippen LogP contribution in [0.25, 0.3) is 0 Å². The van der Waals surface area contributed by atoms with Gasteiger partial charge in [-0.15, -0.1) is 5.10 Å². The Morgan fingerprint density at radius 3 is 2.65 bits per heavy atom. The van der Waals surface area contributed by atoms with Crippen LogP contribution in [-0.2, 0) is 0 Å². The number of ketones is 1. The zero-order chi connectivity index (χ0) is 14.7. The van der Waals surface area contributed by atoms with E-state index in [0.29, 0.717) is 10.7 Å². The summed E-state index contributed by atoms with van der Waals surface area (Å²) in [6.07, 6.45) is 0. The summed E-state index contributed by atoms with van der Waals surface area (Å²) in [6.45, 7) is 3.81. The molecule has 20 heavy (non-hydrogen) atoms. The fourth-order valence-corrected chi connectivity index (χ4v) is 3.03. The van der Waals surface area contributed by atoms with Crippen LogP contribution in [0.2, 0.25) is 0 Å². The first-order valence-corrected chi connectivity index (χ1v) is 8.14. The molecule has 0 aliphatic heterocycles. The van der Waals surface area contributed by atoms with E-state index >= 15 is 0 Å². The van der Waals surface area contributed by atoms with E-state index in [0.717, 1.165) is 3.57 Å². The molecule has 2 rings (SSSR count). The number of carbonyl (C=O) groups excluding carboxylic acids is 1. The van der Waals surface area contributed by atoms with Gasteiger partial charge in [-0.3, -0.25) is 9.36 Å². The van der Waals surface area contributed by atoms with E-state index < -0.39 is 0 Å². The highest BCUT2D eigenvalue weighted by atomic mass is 127. The molecule has 106 valence electrons. The molecule has 1 N–H and O–H groups in total. The van der Waals surface area contributed by atoms with Crippen molar-refractivity contribution in [2.75, 3.05) is 5.75 Å². The number of nitrogens with zero attached hydrogens (tertiary/aromatic N) is 2. The summed E-state index contributed by atoms with van der Waals surface area (Å²) in [5, 5.41) is 6.91. The number of nitrogens with one attached hydrogen (secondary N) is 1. The molecule has 0 radical (unpaired) electrons. The molecule has 1 heterocycles. The third-order valence-electron chi connectivity index (χ3n) is 2.69. The Labute approximate surface area is 134 Å². The highest BCUT2D eigenvalue weighted by Crippen LogP contribution is 2.18. The van der Waals surface area contributed by atoms with Gasteiger partial charge in [0.15, 0.2) is 10.9 Å². The van der Waals surface area contributed by atoms with Crippen LogP contribution in [-0.4, -0.2) is 26.3 Å². The van der Waals surface area contributed by atoms with E-state index in [2.05, 4.69) is 32.8 Å². The Kier molecular flexibility index (Phi) is 5.03. The van der Waals surface area contributed by atoms with Gasteiger partial charge in [0.25, 0.3) is 0 Å². The molecule has 1 aromatic heterocycles. The number of carbonyl (C=O) groups is 1. The van der Waals surface area contributed by atoms with Crippen LogP contribution in [0.1, 0.15) is 30.2 Å². The third kappa shape index (κ3) is 3.51. The number of hydrogen-bond donors (Lipinski definition) is 1. The van der Waals surface area contributed by atoms with Crippen LogP contribution < -0.4 is 5.69 Å². The fourth-order valence-electron chi connectivity index (χ4n) is 1.70. The fraction of sp³-hybridized carbons (Fsp3) is 0.308. The molecule has 0 fully saturated rings. The lowest BCUT2D eigenvalue weighted by Gasteiger charge is -2.08. The van der Waals surface area contributed by atoms with Crippen molar-refractivity contribution in [1.29, 1.82) is 0 Å². The number of Topliss-reactive ketones (excluding diaryl/α,β-unsaturated/α-hetero) is 1. The van der Waals surface area contributed by atoms with Crippen LogP contribution in [0.4, 0.5) is 0 Å². The molecule has 0 atom stereocenters. The van der Waals surface area contributed by atoms with E-state index in [1.54, 1.807) is 4.57 Å². The van der Waals surface area contributed by atoms with Crippen molar-refractivity contribution in [1.82, 2.24) is 14.8 Å². The average Bonchev–Trinajstić information content (AvgIpc) is 2.78. The van der Waals surface area contributed by atoms with Crippen LogP contribution in [0.3, 0.4) is 0 Å². The number of H-pyrrole nitrogens is 1. The van der Waals surface area contributed by atoms with E-state index in [9.17, 15) is 9.59 Å². The lowest BCUT2D eigenvalue weighted by atomic mass is 10.2. The van der Waals surface area contributed by atoms with E-state index in [-0.39, 0.29) is 23.3 Å². The van der Waals surface area contributed by atoms with Gasteiger partial charge in [-0.1, -0.05) is 23.9 Å². The molecule has 7 heteroatoms. The number of thioether (sulfide) groups is 1. The van der Waals surface area contributed by atoms with E-state index in [4.69, 9.17) is 0 Å². The summed E-state index contributed by atoms with van der Waals surface area (Å²) in [6, 6.07) is 7.43. The maximum atomic E-state index is 12.1. The van der Waals surface area contributed by atoms with E-state index in [1.807, 2.05) is 38.1 Å². The quantitative estimate of drug-likeness (QED) is 0.474. The monoisotopic (exact) mass is 403 g/mol. The Hall–Kier alpha value is -1.09. The molecule has 0 bridgehead atoms. The maximum Gasteiger partial charge on any atom is 0.344 e. The Morgan fingerprint density at radius 2 is 2.05 bits per heavy atom. The van der Waals surface area contributed by atoms with Crippen molar-refractivity contribution in [2.24, 2.45) is 0 Å². The predicted molar refractivity (Wildman–Crippen MR) is 87.4 cm³/mol. The molecule has 0 saturated carbocycles. The first kappa shape index (κ1) is 15.3. The van der Waals surface area contributed by atoms with Crippen molar-refractivity contribution in [2.45, 2.75) is 25.0 Å². The first-order chi connectivity index (χ1) is 9.49. The van der Waals surface area contributed by atoms with Gasteiger partial charge in [0.05, 0.1) is 5.75 Å². The molecule has 0 amide bonds. The Bertz CT molecular complexity index is 661. The third-order valence-corrected chi connectivity index (χ3v) is 4.36. The van der Waals surface area contributed by atoms with Gasteiger partial charge in [-0.25, -0.2) is 9.89 Å². The number of halogens is 1. The lowest BCUT2D eigenvalue weighted by molar-refractivity contribution is 0.102. The summed E-state index contributed by atoms with van der Waals surface area (Å²) >= 11 is 3.47. The topological polar surface area (TPSA) is 67.8 Å². The Morgan fingerprint density at radius 1 is 1.40 bits per heavy atom. The lowest BCUT2D eigenvalue weighted by Crippen LogP contribution is -2.19. The van der Waals surface area contributed by atoms with Gasteiger partial charge in [0, 0.05) is 15.2 Å². The zero-order valence-corrected chi connectivity index (χ0v) is 14.1.